The van der Waals surface area contributed by atoms with E-state index in [2.05, 4.69) is 20.2 Å². The van der Waals surface area contributed by atoms with Crippen molar-refractivity contribution in [2.75, 3.05) is 37.4 Å². The molecule has 0 radical (unpaired) electrons. The second kappa shape index (κ2) is 8.81. The van der Waals surface area contributed by atoms with Crippen molar-refractivity contribution in [3.63, 3.8) is 0 Å². The molecule has 0 saturated carbocycles. The molecule has 0 fully saturated rings. The van der Waals surface area contributed by atoms with Crippen LogP contribution >= 0.6 is 0 Å². The summed E-state index contributed by atoms with van der Waals surface area (Å²) in [4.78, 5) is 0.180. The van der Waals surface area contributed by atoms with E-state index in [9.17, 15) is 8.42 Å². The topological polar surface area (TPSA) is 102 Å². The van der Waals surface area contributed by atoms with Gasteiger partial charge < -0.3 is 14.8 Å². The third-order valence-electron chi connectivity index (χ3n) is 3.72. The molecule has 1 heterocycles. The van der Waals surface area contributed by atoms with Crippen molar-refractivity contribution in [3.05, 3.63) is 35.4 Å². The first-order valence-corrected chi connectivity index (χ1v) is 9.60. The van der Waals surface area contributed by atoms with Crippen LogP contribution in [0.3, 0.4) is 0 Å². The number of ether oxygens (including phenoxy) is 2. The van der Waals surface area contributed by atoms with Crippen LogP contribution in [0.15, 0.2) is 29.2 Å². The molecule has 9 heteroatoms. The fraction of sp³-hybridized carbons (Fsp3) is 0.412. The molecule has 0 unspecified atom stereocenters. The fourth-order valence-electron chi connectivity index (χ4n) is 2.38. The minimum atomic E-state index is -3.77. The Bertz CT molecular complexity index is 839. The van der Waals surface area contributed by atoms with Gasteiger partial charge in [-0.3, -0.25) is 4.72 Å². The minimum Gasteiger partial charge on any atom is -0.496 e. The number of rotatable bonds is 9. The summed E-state index contributed by atoms with van der Waals surface area (Å²) in [6, 6.07) is 6.51. The van der Waals surface area contributed by atoms with E-state index < -0.39 is 10.0 Å². The molecule has 0 spiro atoms. The molecule has 26 heavy (non-hydrogen) atoms. The maximum Gasteiger partial charge on any atom is 0.263 e. The lowest BCUT2D eigenvalue weighted by atomic mass is 10.1. The quantitative estimate of drug-likeness (QED) is 0.644. The van der Waals surface area contributed by atoms with E-state index in [1.54, 1.807) is 52.3 Å². The number of aryl methyl sites for hydroxylation is 2. The first-order valence-electron chi connectivity index (χ1n) is 8.12. The zero-order valence-electron chi connectivity index (χ0n) is 15.4. The van der Waals surface area contributed by atoms with Crippen LogP contribution in [0.5, 0.6) is 5.75 Å². The molecule has 8 nitrogen and oxygen atoms in total. The van der Waals surface area contributed by atoms with Crippen LogP contribution in [0.1, 0.15) is 17.5 Å². The summed E-state index contributed by atoms with van der Waals surface area (Å²) in [5, 5.41) is 11.0. The predicted octanol–water partition coefficient (Wildman–Crippen LogP) is 2.35. The van der Waals surface area contributed by atoms with Crippen LogP contribution in [0, 0.1) is 13.8 Å². The summed E-state index contributed by atoms with van der Waals surface area (Å²) in [5.41, 5.74) is 1.32. The maximum absolute atomic E-state index is 12.7. The number of nitrogens with one attached hydrogen (secondary N) is 2. The van der Waals surface area contributed by atoms with Crippen LogP contribution in [-0.2, 0) is 14.8 Å². The number of hydrogen-bond donors (Lipinski definition) is 2. The molecule has 2 rings (SSSR count). The highest BCUT2D eigenvalue weighted by Gasteiger charge is 2.19. The Balaban J connectivity index is 2.11. The zero-order chi connectivity index (χ0) is 19.2. The van der Waals surface area contributed by atoms with Crippen molar-refractivity contribution in [1.82, 2.24) is 10.2 Å². The Morgan fingerprint density at radius 3 is 2.35 bits per heavy atom. The number of anilines is 2. The van der Waals surface area contributed by atoms with Gasteiger partial charge in [0.2, 0.25) is 0 Å². The zero-order valence-corrected chi connectivity index (χ0v) is 16.2. The van der Waals surface area contributed by atoms with Gasteiger partial charge in [-0.25, -0.2) is 8.42 Å². The number of sulfonamides is 1. The summed E-state index contributed by atoms with van der Waals surface area (Å²) in [7, 11) is -0.578. The van der Waals surface area contributed by atoms with Crippen molar-refractivity contribution < 1.29 is 17.9 Å². The Kier molecular flexibility index (Phi) is 6.76. The molecule has 0 bridgehead atoms. The van der Waals surface area contributed by atoms with Gasteiger partial charge in [-0.1, -0.05) is 0 Å². The summed E-state index contributed by atoms with van der Waals surface area (Å²) in [6.45, 7) is 4.85. The molecule has 2 aromatic rings. The second-order valence-corrected chi connectivity index (χ2v) is 7.42. The van der Waals surface area contributed by atoms with Gasteiger partial charge in [0.15, 0.2) is 5.82 Å². The van der Waals surface area contributed by atoms with Crippen molar-refractivity contribution in [2.45, 2.75) is 25.2 Å². The molecule has 1 aromatic heterocycles. The Labute approximate surface area is 154 Å². The minimum absolute atomic E-state index is 0.153. The number of hydrogen-bond acceptors (Lipinski definition) is 7. The smallest absolute Gasteiger partial charge is 0.263 e. The van der Waals surface area contributed by atoms with Gasteiger partial charge in [-0.05, 0) is 55.7 Å². The van der Waals surface area contributed by atoms with Crippen LogP contribution in [-0.4, -0.2) is 46.0 Å². The van der Waals surface area contributed by atoms with Gasteiger partial charge in [0.05, 0.1) is 12.0 Å². The monoisotopic (exact) mass is 380 g/mol. The highest BCUT2D eigenvalue weighted by atomic mass is 32.2. The molecule has 0 aliphatic rings. The van der Waals surface area contributed by atoms with Crippen LogP contribution < -0.4 is 14.8 Å². The SMILES string of the molecule is COCCCNc1ccc(NS(=O)(=O)c2cc(C)c(OC)cc2C)nn1. The molecule has 0 saturated heterocycles. The lowest BCUT2D eigenvalue weighted by Crippen LogP contribution is -2.16. The first kappa shape index (κ1) is 19.9. The van der Waals surface area contributed by atoms with Gasteiger partial charge in [-0.15, -0.1) is 10.2 Å². The van der Waals surface area contributed by atoms with E-state index in [-0.39, 0.29) is 10.7 Å². The lowest BCUT2D eigenvalue weighted by molar-refractivity contribution is 0.197. The third kappa shape index (κ3) is 5.06. The van der Waals surface area contributed by atoms with Crippen LogP contribution in [0.2, 0.25) is 0 Å². The molecule has 0 aliphatic carbocycles. The molecule has 0 atom stereocenters. The van der Waals surface area contributed by atoms with Gasteiger partial charge in [0, 0.05) is 20.3 Å². The molecule has 1 aromatic carbocycles. The number of methoxy groups -OCH3 is 2. The normalized spacial score (nSPS) is 11.2. The van der Waals surface area contributed by atoms with Gasteiger partial charge in [-0.2, -0.15) is 0 Å². The number of benzene rings is 1. The molecular weight excluding hydrogens is 356 g/mol. The Morgan fingerprint density at radius 1 is 1.04 bits per heavy atom. The maximum atomic E-state index is 12.7. The summed E-state index contributed by atoms with van der Waals surface area (Å²) >= 11 is 0. The number of nitrogens with zero attached hydrogens (tertiary/aromatic N) is 2. The van der Waals surface area contributed by atoms with Gasteiger partial charge in [0.25, 0.3) is 10.0 Å². The van der Waals surface area contributed by atoms with E-state index in [4.69, 9.17) is 9.47 Å². The van der Waals surface area contributed by atoms with Crippen molar-refractivity contribution in [2.24, 2.45) is 0 Å². The van der Waals surface area contributed by atoms with E-state index in [1.165, 1.54) is 0 Å². The van der Waals surface area contributed by atoms with Crippen LogP contribution in [0.4, 0.5) is 11.6 Å². The molecular formula is C17H24N4O4S. The van der Waals surface area contributed by atoms with Gasteiger partial charge in [0.1, 0.15) is 11.6 Å². The molecule has 0 amide bonds. The van der Waals surface area contributed by atoms with E-state index in [1.807, 2.05) is 0 Å². The lowest BCUT2D eigenvalue weighted by Gasteiger charge is -2.13. The van der Waals surface area contributed by atoms with E-state index in [0.29, 0.717) is 30.3 Å². The average molecular weight is 380 g/mol. The second-order valence-electron chi connectivity index (χ2n) is 5.77. The molecule has 142 valence electrons. The summed E-state index contributed by atoms with van der Waals surface area (Å²) in [5.74, 6) is 1.37. The van der Waals surface area contributed by atoms with Crippen molar-refractivity contribution in [1.29, 1.82) is 0 Å². The van der Waals surface area contributed by atoms with Crippen molar-refractivity contribution >= 4 is 21.7 Å². The van der Waals surface area contributed by atoms with Crippen molar-refractivity contribution in [3.8, 4) is 5.75 Å². The summed E-state index contributed by atoms with van der Waals surface area (Å²) in [6.07, 6.45) is 0.836. The molecule has 0 aliphatic heterocycles. The highest BCUT2D eigenvalue weighted by Crippen LogP contribution is 2.26. The standard InChI is InChI=1S/C17H24N4O4S/c1-12-11-15(13(2)10-14(12)25-4)26(22,23)21-17-7-6-16(19-20-17)18-8-5-9-24-3/h6-7,10-11H,5,8-9H2,1-4H3,(H,18,19)(H,20,21). The Hall–Kier alpha value is -2.39. The molecule has 2 N–H and O–H groups in total. The van der Waals surface area contributed by atoms with Gasteiger partial charge >= 0.3 is 0 Å². The average Bonchev–Trinajstić information content (AvgIpc) is 2.61. The van der Waals surface area contributed by atoms with E-state index in [0.717, 1.165) is 12.0 Å². The summed E-state index contributed by atoms with van der Waals surface area (Å²) < 4.78 is 37.9. The first-order chi connectivity index (χ1) is 12.4. The highest BCUT2D eigenvalue weighted by molar-refractivity contribution is 7.92. The number of aromatic nitrogens is 2. The fourth-order valence-corrected chi connectivity index (χ4v) is 3.69. The predicted molar refractivity (Wildman–Crippen MR) is 100 cm³/mol. The van der Waals surface area contributed by atoms with Crippen LogP contribution in [0.25, 0.3) is 0 Å². The largest absolute Gasteiger partial charge is 0.496 e. The Morgan fingerprint density at radius 2 is 1.73 bits per heavy atom. The third-order valence-corrected chi connectivity index (χ3v) is 5.21. The van der Waals surface area contributed by atoms with E-state index >= 15 is 0 Å².